The van der Waals surface area contributed by atoms with Gasteiger partial charge in [-0.3, -0.25) is 4.79 Å². The van der Waals surface area contributed by atoms with Gasteiger partial charge >= 0.3 is 0 Å². The second-order valence-corrected chi connectivity index (χ2v) is 6.29. The molecule has 0 unspecified atom stereocenters. The summed E-state index contributed by atoms with van der Waals surface area (Å²) >= 11 is 0. The van der Waals surface area contributed by atoms with Gasteiger partial charge in [-0.25, -0.2) is 0 Å². The molecule has 0 spiro atoms. The molecule has 1 heterocycles. The van der Waals surface area contributed by atoms with Gasteiger partial charge in [0, 0.05) is 19.1 Å². The molecule has 6 nitrogen and oxygen atoms in total. The van der Waals surface area contributed by atoms with E-state index < -0.39 is 15.7 Å². The van der Waals surface area contributed by atoms with Crippen molar-refractivity contribution in [1.29, 1.82) is 0 Å². The van der Waals surface area contributed by atoms with E-state index in [4.69, 9.17) is 0 Å². The third kappa shape index (κ3) is 2.53. The monoisotopic (exact) mass is 249 g/mol. The fourth-order valence-electron chi connectivity index (χ4n) is 1.66. The van der Waals surface area contributed by atoms with E-state index in [1.165, 1.54) is 4.31 Å². The maximum absolute atomic E-state index is 12.0. The lowest BCUT2D eigenvalue weighted by Crippen LogP contribution is -2.65. The highest BCUT2D eigenvalue weighted by Crippen LogP contribution is 2.20. The molecule has 1 aliphatic heterocycles. The Balaban J connectivity index is 2.98. The summed E-state index contributed by atoms with van der Waals surface area (Å²) in [6.45, 7) is 7.33. The molecule has 1 fully saturated rings. The van der Waals surface area contributed by atoms with Crippen molar-refractivity contribution < 1.29 is 13.2 Å². The van der Waals surface area contributed by atoms with Gasteiger partial charge in [-0.05, 0) is 27.7 Å². The van der Waals surface area contributed by atoms with Gasteiger partial charge in [0.1, 0.15) is 5.54 Å². The normalized spacial score (nSPS) is 22.2. The van der Waals surface area contributed by atoms with Crippen molar-refractivity contribution in [1.82, 2.24) is 14.3 Å². The van der Waals surface area contributed by atoms with Crippen LogP contribution in [-0.2, 0) is 15.0 Å². The lowest BCUT2D eigenvalue weighted by molar-refractivity contribution is -0.131. The molecule has 1 aliphatic rings. The molecule has 0 atom stereocenters. The fraction of sp³-hybridized carbons (Fsp3) is 0.889. The zero-order valence-corrected chi connectivity index (χ0v) is 10.9. The van der Waals surface area contributed by atoms with Gasteiger partial charge < -0.3 is 5.32 Å². The summed E-state index contributed by atoms with van der Waals surface area (Å²) in [6.07, 6.45) is 0. The van der Waals surface area contributed by atoms with E-state index in [1.807, 2.05) is 0 Å². The maximum Gasteiger partial charge on any atom is 0.280 e. The van der Waals surface area contributed by atoms with Gasteiger partial charge in [-0.1, -0.05) is 0 Å². The SMILES string of the molecule is CC(C)NS(=O)(=O)N1CCNC(=O)C1(C)C. The van der Waals surface area contributed by atoms with E-state index >= 15 is 0 Å². The lowest BCUT2D eigenvalue weighted by atomic mass is 10.0. The second kappa shape index (κ2) is 4.31. The summed E-state index contributed by atoms with van der Waals surface area (Å²) in [5.41, 5.74) is -1.04. The van der Waals surface area contributed by atoms with Crippen LogP contribution in [0, 0.1) is 0 Å². The first-order chi connectivity index (χ1) is 7.18. The largest absolute Gasteiger partial charge is 0.353 e. The van der Waals surface area contributed by atoms with Gasteiger partial charge in [0.2, 0.25) is 5.91 Å². The Morgan fingerprint density at radius 3 is 2.50 bits per heavy atom. The minimum atomic E-state index is -3.60. The number of hydrogen-bond donors (Lipinski definition) is 2. The van der Waals surface area contributed by atoms with Crippen LogP contribution in [0.2, 0.25) is 0 Å². The Labute approximate surface area is 96.6 Å². The van der Waals surface area contributed by atoms with Crippen LogP contribution in [0.3, 0.4) is 0 Å². The van der Waals surface area contributed by atoms with Gasteiger partial charge in [0.25, 0.3) is 10.2 Å². The van der Waals surface area contributed by atoms with Crippen LogP contribution in [0.5, 0.6) is 0 Å². The molecule has 0 aromatic heterocycles. The van der Waals surface area contributed by atoms with Crippen LogP contribution in [0.4, 0.5) is 0 Å². The highest BCUT2D eigenvalue weighted by atomic mass is 32.2. The molecule has 0 aromatic rings. The van der Waals surface area contributed by atoms with Gasteiger partial charge in [-0.15, -0.1) is 0 Å². The van der Waals surface area contributed by atoms with Crippen molar-refractivity contribution in [2.24, 2.45) is 0 Å². The first kappa shape index (κ1) is 13.4. The van der Waals surface area contributed by atoms with E-state index in [9.17, 15) is 13.2 Å². The van der Waals surface area contributed by atoms with Crippen LogP contribution >= 0.6 is 0 Å². The Morgan fingerprint density at radius 1 is 1.44 bits per heavy atom. The van der Waals surface area contributed by atoms with Crippen molar-refractivity contribution in [3.63, 3.8) is 0 Å². The number of nitrogens with zero attached hydrogens (tertiary/aromatic N) is 1. The third-order valence-electron chi connectivity index (χ3n) is 2.45. The van der Waals surface area contributed by atoms with Gasteiger partial charge in [0.15, 0.2) is 0 Å². The molecule has 1 saturated heterocycles. The third-order valence-corrected chi connectivity index (χ3v) is 4.44. The average molecular weight is 249 g/mol. The van der Waals surface area contributed by atoms with Gasteiger partial charge in [0.05, 0.1) is 0 Å². The molecule has 1 amide bonds. The summed E-state index contributed by atoms with van der Waals surface area (Å²) in [4.78, 5) is 11.6. The van der Waals surface area contributed by atoms with Crippen molar-refractivity contribution in [2.45, 2.75) is 39.3 Å². The topological polar surface area (TPSA) is 78.5 Å². The number of piperazine rings is 1. The summed E-state index contributed by atoms with van der Waals surface area (Å²) in [5, 5.41) is 2.65. The molecule has 94 valence electrons. The summed E-state index contributed by atoms with van der Waals surface area (Å²) < 4.78 is 27.7. The Bertz CT molecular complexity index is 375. The molecule has 0 aromatic carbocycles. The van der Waals surface area contributed by atoms with Crippen LogP contribution in [0.15, 0.2) is 0 Å². The smallest absolute Gasteiger partial charge is 0.280 e. The summed E-state index contributed by atoms with van der Waals surface area (Å²) in [6, 6.07) is -0.189. The molecule has 1 rings (SSSR count). The number of carbonyl (C=O) groups excluding carboxylic acids is 1. The number of hydrogen-bond acceptors (Lipinski definition) is 3. The highest BCUT2D eigenvalue weighted by Gasteiger charge is 2.44. The second-order valence-electron chi connectivity index (χ2n) is 4.66. The molecule has 7 heteroatoms. The van der Waals surface area contributed by atoms with E-state index in [0.29, 0.717) is 13.1 Å². The van der Waals surface area contributed by atoms with Crippen molar-refractivity contribution in [3.8, 4) is 0 Å². The van der Waals surface area contributed by atoms with Crippen LogP contribution in [0.25, 0.3) is 0 Å². The number of nitrogens with one attached hydrogen (secondary N) is 2. The minimum Gasteiger partial charge on any atom is -0.353 e. The predicted octanol–water partition coefficient (Wildman–Crippen LogP) is -0.560. The van der Waals surface area contributed by atoms with Crippen LogP contribution < -0.4 is 10.0 Å². The Morgan fingerprint density at radius 2 is 2.00 bits per heavy atom. The molecule has 0 saturated carbocycles. The predicted molar refractivity (Wildman–Crippen MR) is 61.0 cm³/mol. The minimum absolute atomic E-state index is 0.189. The number of carbonyl (C=O) groups is 1. The average Bonchev–Trinajstić information content (AvgIpc) is 2.06. The van der Waals surface area contributed by atoms with Crippen molar-refractivity contribution >= 4 is 16.1 Å². The number of rotatable bonds is 3. The zero-order valence-electron chi connectivity index (χ0n) is 10.1. The van der Waals surface area contributed by atoms with E-state index in [1.54, 1.807) is 27.7 Å². The summed E-state index contributed by atoms with van der Waals surface area (Å²) in [5.74, 6) is -0.270. The Hall–Kier alpha value is -0.660. The van der Waals surface area contributed by atoms with Crippen LogP contribution in [-0.4, -0.2) is 43.3 Å². The number of amides is 1. The first-order valence-electron chi connectivity index (χ1n) is 5.26. The van der Waals surface area contributed by atoms with E-state index in [0.717, 1.165) is 0 Å². The molecule has 0 aliphatic carbocycles. The first-order valence-corrected chi connectivity index (χ1v) is 6.70. The summed E-state index contributed by atoms with van der Waals surface area (Å²) in [7, 11) is -3.60. The van der Waals surface area contributed by atoms with E-state index in [2.05, 4.69) is 10.0 Å². The molecular formula is C9H19N3O3S. The highest BCUT2D eigenvalue weighted by molar-refractivity contribution is 7.87. The standard InChI is InChI=1S/C9H19N3O3S/c1-7(2)11-16(14,15)12-6-5-10-8(13)9(12,3)4/h7,11H,5-6H2,1-4H3,(H,10,13). The van der Waals surface area contributed by atoms with Crippen molar-refractivity contribution in [3.05, 3.63) is 0 Å². The molecule has 0 bridgehead atoms. The van der Waals surface area contributed by atoms with Crippen LogP contribution in [0.1, 0.15) is 27.7 Å². The maximum atomic E-state index is 12.0. The molecule has 16 heavy (non-hydrogen) atoms. The molecular weight excluding hydrogens is 230 g/mol. The molecule has 0 radical (unpaired) electrons. The zero-order chi connectivity index (χ0) is 12.6. The lowest BCUT2D eigenvalue weighted by Gasteiger charge is -2.40. The fourth-order valence-corrected chi connectivity index (χ4v) is 3.40. The quantitative estimate of drug-likeness (QED) is 0.704. The van der Waals surface area contributed by atoms with E-state index in [-0.39, 0.29) is 11.9 Å². The van der Waals surface area contributed by atoms with Gasteiger partial charge in [-0.2, -0.15) is 17.4 Å². The Kier molecular flexibility index (Phi) is 3.61. The molecule has 2 N–H and O–H groups in total. The van der Waals surface area contributed by atoms with Crippen molar-refractivity contribution in [2.75, 3.05) is 13.1 Å².